The smallest absolute Gasteiger partial charge is 0.439 e. The van der Waals surface area contributed by atoms with Gasteiger partial charge in [-0.25, -0.2) is 19.2 Å². The normalized spacial score (nSPS) is 15.3. The maximum atomic E-state index is 13.4. The van der Waals surface area contributed by atoms with Crippen molar-refractivity contribution >= 4 is 29.2 Å². The number of benzene rings is 2. The number of hydrogen-bond acceptors (Lipinski definition) is 10. The van der Waals surface area contributed by atoms with E-state index in [1.54, 1.807) is 24.3 Å². The maximum absolute atomic E-state index is 13.4. The molecule has 1 atom stereocenters. The zero-order valence-electron chi connectivity index (χ0n) is 22.2. The average molecular weight is 583 g/mol. The van der Waals surface area contributed by atoms with Gasteiger partial charge in [0.25, 0.3) is 17.7 Å². The fraction of sp³-hybridized carbons (Fsp3) is 0.179. The van der Waals surface area contributed by atoms with Crippen LogP contribution >= 0.6 is 0 Å². The van der Waals surface area contributed by atoms with E-state index >= 15 is 0 Å². The summed E-state index contributed by atoms with van der Waals surface area (Å²) in [4.78, 5) is 60.4. The molecule has 0 saturated heterocycles. The molecule has 0 fully saturated rings. The number of carbonyl (C=O) groups is 3. The largest absolute Gasteiger partial charge is 0.493 e. The highest BCUT2D eigenvalue weighted by Gasteiger charge is 2.27. The molecule has 2 aromatic carbocycles. The van der Waals surface area contributed by atoms with Gasteiger partial charge in [0.15, 0.2) is 12.4 Å². The summed E-state index contributed by atoms with van der Waals surface area (Å²) in [5, 5.41) is 22.5. The highest BCUT2D eigenvalue weighted by Crippen LogP contribution is 2.34. The first-order valence-electron chi connectivity index (χ1n) is 13.2. The van der Waals surface area contributed by atoms with Crippen LogP contribution in [0.2, 0.25) is 0 Å². The number of imidazole rings is 1. The molecule has 5 N–H and O–H groups in total. The number of aromatic amines is 1. The third-order valence-electron chi connectivity index (χ3n) is 7.29. The van der Waals surface area contributed by atoms with Crippen molar-refractivity contribution in [3.8, 4) is 23.0 Å². The second-order valence-electron chi connectivity index (χ2n) is 10.1. The van der Waals surface area contributed by atoms with Crippen LogP contribution in [0.1, 0.15) is 50.1 Å². The van der Waals surface area contributed by atoms with E-state index in [0.717, 1.165) is 21.7 Å². The molecule has 1 aliphatic carbocycles. The molecule has 7 rings (SSSR count). The molecule has 216 valence electrons. The van der Waals surface area contributed by atoms with E-state index < -0.39 is 17.6 Å². The second kappa shape index (κ2) is 10.1. The fourth-order valence-electron chi connectivity index (χ4n) is 5.28. The van der Waals surface area contributed by atoms with Gasteiger partial charge in [-0.2, -0.15) is 0 Å². The van der Waals surface area contributed by atoms with Crippen LogP contribution in [-0.4, -0.2) is 53.9 Å². The Morgan fingerprint density at radius 3 is 2.84 bits per heavy atom. The Balaban J connectivity index is 1.10. The van der Waals surface area contributed by atoms with Crippen molar-refractivity contribution in [2.45, 2.75) is 25.4 Å². The number of H-pyrrole nitrogens is 1. The number of rotatable bonds is 6. The summed E-state index contributed by atoms with van der Waals surface area (Å²) in [6.07, 6.45) is 2.45. The molecule has 5 aromatic rings. The lowest BCUT2D eigenvalue weighted by molar-refractivity contribution is -0.118. The number of carbonyl (C=O) groups excluding carboxylic acids is 3. The number of nitrogens with zero attached hydrogens (tertiary/aromatic N) is 4. The Hall–Kier alpha value is -5.99. The number of aromatic nitrogens is 5. The third-order valence-corrected chi connectivity index (χ3v) is 7.29. The number of anilines is 1. The van der Waals surface area contributed by atoms with Gasteiger partial charge in [-0.15, -0.1) is 0 Å². The van der Waals surface area contributed by atoms with Gasteiger partial charge in [0.2, 0.25) is 11.7 Å². The maximum Gasteiger partial charge on any atom is 0.439 e. The number of nitrogens with one attached hydrogen (secondary N) is 4. The topological polar surface area (TPSA) is 206 Å². The highest BCUT2D eigenvalue weighted by atomic mass is 16.5. The van der Waals surface area contributed by atoms with E-state index in [2.05, 4.69) is 40.6 Å². The lowest BCUT2D eigenvalue weighted by atomic mass is 10.0. The predicted octanol–water partition coefficient (Wildman–Crippen LogP) is 1.46. The first-order chi connectivity index (χ1) is 20.8. The minimum absolute atomic E-state index is 0.0259. The zero-order valence-corrected chi connectivity index (χ0v) is 22.2. The first kappa shape index (κ1) is 25.9. The summed E-state index contributed by atoms with van der Waals surface area (Å²) in [5.41, 5.74) is 3.67. The lowest BCUT2D eigenvalue weighted by Crippen LogP contribution is -2.30. The molecule has 3 amide bonds. The average Bonchev–Trinajstić information content (AvgIpc) is 3.73. The van der Waals surface area contributed by atoms with Crippen molar-refractivity contribution < 1.29 is 28.8 Å². The third kappa shape index (κ3) is 4.81. The minimum atomic E-state index is -0.646. The Kier molecular flexibility index (Phi) is 6.11. The van der Waals surface area contributed by atoms with Crippen molar-refractivity contribution in [1.82, 2.24) is 35.1 Å². The molecule has 15 heteroatoms. The van der Waals surface area contributed by atoms with E-state index in [4.69, 9.17) is 4.74 Å². The van der Waals surface area contributed by atoms with E-state index in [-0.39, 0.29) is 48.1 Å². The molecule has 15 nitrogen and oxygen atoms in total. The lowest BCUT2D eigenvalue weighted by Gasteiger charge is -2.18. The molecule has 4 heterocycles. The molecule has 0 saturated carbocycles. The van der Waals surface area contributed by atoms with Crippen LogP contribution in [0.25, 0.3) is 17.2 Å². The predicted molar refractivity (Wildman–Crippen MR) is 147 cm³/mol. The molecule has 2 aliphatic rings. The Labute approximate surface area is 240 Å². The van der Waals surface area contributed by atoms with Crippen LogP contribution in [0.15, 0.2) is 58.0 Å². The van der Waals surface area contributed by atoms with E-state index in [1.807, 2.05) is 12.1 Å². The molecular formula is C28H22N8O7. The monoisotopic (exact) mass is 582 g/mol. The van der Waals surface area contributed by atoms with Crippen molar-refractivity contribution in [3.63, 3.8) is 0 Å². The van der Waals surface area contributed by atoms with Gasteiger partial charge in [-0.1, -0.05) is 23.4 Å². The summed E-state index contributed by atoms with van der Waals surface area (Å²) in [6, 6.07) is 11.6. The van der Waals surface area contributed by atoms with Crippen LogP contribution < -0.4 is 26.4 Å². The van der Waals surface area contributed by atoms with E-state index in [1.165, 1.54) is 6.07 Å². The van der Waals surface area contributed by atoms with Crippen LogP contribution in [-0.2, 0) is 17.8 Å². The fourth-order valence-corrected chi connectivity index (χ4v) is 5.28. The van der Waals surface area contributed by atoms with Crippen LogP contribution in [0, 0.1) is 0 Å². The quantitative estimate of drug-likeness (QED) is 0.195. The van der Waals surface area contributed by atoms with Crippen molar-refractivity contribution in [2.75, 3.05) is 11.9 Å². The van der Waals surface area contributed by atoms with Crippen molar-refractivity contribution in [1.29, 1.82) is 0 Å². The Bertz CT molecular complexity index is 2010. The highest BCUT2D eigenvalue weighted by molar-refractivity contribution is 5.99. The number of hydrogen-bond donors (Lipinski definition) is 5. The van der Waals surface area contributed by atoms with Gasteiger partial charge < -0.3 is 25.8 Å². The molecule has 1 aliphatic heterocycles. The number of ether oxygens (including phenoxy) is 1. The van der Waals surface area contributed by atoms with Gasteiger partial charge >= 0.3 is 5.76 Å². The summed E-state index contributed by atoms with van der Waals surface area (Å²) in [6.45, 7) is 0.0261. The number of amides is 3. The molecule has 3 aromatic heterocycles. The first-order valence-corrected chi connectivity index (χ1v) is 13.2. The zero-order chi connectivity index (χ0) is 29.7. The van der Waals surface area contributed by atoms with Gasteiger partial charge in [-0.3, -0.25) is 23.9 Å². The molecule has 0 bridgehead atoms. The van der Waals surface area contributed by atoms with Gasteiger partial charge in [0, 0.05) is 12.1 Å². The van der Waals surface area contributed by atoms with Gasteiger partial charge in [0.1, 0.15) is 17.1 Å². The van der Waals surface area contributed by atoms with Crippen molar-refractivity contribution in [3.05, 3.63) is 87.3 Å². The molecule has 0 spiro atoms. The van der Waals surface area contributed by atoms with Gasteiger partial charge in [0.05, 0.1) is 17.9 Å². The number of aryl methyl sites for hydroxylation is 1. The number of aromatic hydroxyl groups is 1. The van der Waals surface area contributed by atoms with Crippen LogP contribution in [0.5, 0.6) is 11.6 Å². The molecular weight excluding hydrogens is 560 g/mol. The van der Waals surface area contributed by atoms with E-state index in [0.29, 0.717) is 41.2 Å². The summed E-state index contributed by atoms with van der Waals surface area (Å²) < 4.78 is 11.1. The van der Waals surface area contributed by atoms with E-state index in [9.17, 15) is 24.3 Å². The SMILES string of the molecule is O=C1COc2ccc(CNC(=O)c3cc(C(=O)N[C@H]4CCc5cc(-c6noc(=O)[nH]6)ccc54)nc4ncc(O)n34)cc2N1. The van der Waals surface area contributed by atoms with Gasteiger partial charge in [-0.05, 0) is 53.8 Å². The van der Waals surface area contributed by atoms with Crippen molar-refractivity contribution in [2.24, 2.45) is 0 Å². The molecule has 43 heavy (non-hydrogen) atoms. The Morgan fingerprint density at radius 2 is 2.00 bits per heavy atom. The number of fused-ring (bicyclic) bond motifs is 3. The summed E-state index contributed by atoms with van der Waals surface area (Å²) >= 11 is 0. The van der Waals surface area contributed by atoms with Crippen LogP contribution in [0.4, 0.5) is 5.69 Å². The summed E-state index contributed by atoms with van der Waals surface area (Å²) in [7, 11) is 0. The molecule has 0 radical (unpaired) electrons. The standard InChI is InChI=1S/C28H22N8O7/c37-22-12-42-21-6-1-13(7-18(21)31-22)10-29-26(40)20-9-19(33-27-30-11-23(38)36(20)27)25(39)32-17-5-3-14-8-15(2-4-16(14)17)24-34-28(41)43-35-24/h1-2,4,6-9,11,17,38H,3,5,10,12H2,(H,29,40)(H,31,37)(H,32,39)(H,34,35,41)/t17-/m0/s1. The second-order valence-corrected chi connectivity index (χ2v) is 10.1. The molecule has 0 unspecified atom stereocenters. The Morgan fingerprint density at radius 1 is 1.12 bits per heavy atom. The summed E-state index contributed by atoms with van der Waals surface area (Å²) in [5.74, 6) is -1.52. The van der Waals surface area contributed by atoms with Crippen LogP contribution in [0.3, 0.4) is 0 Å². The minimum Gasteiger partial charge on any atom is -0.493 e.